The van der Waals surface area contributed by atoms with Gasteiger partial charge >= 0.3 is 0 Å². The Labute approximate surface area is 134 Å². The molecule has 1 aliphatic rings. The van der Waals surface area contributed by atoms with Crippen molar-refractivity contribution in [2.24, 2.45) is 0 Å². The summed E-state index contributed by atoms with van der Waals surface area (Å²) in [6.07, 6.45) is 5.39. The first-order valence-electron chi connectivity index (χ1n) is 8.00. The summed E-state index contributed by atoms with van der Waals surface area (Å²) < 4.78 is 0. The van der Waals surface area contributed by atoms with Gasteiger partial charge in [-0.15, -0.1) is 0 Å². The Morgan fingerprint density at radius 3 is 2.05 bits per heavy atom. The molecule has 0 spiro atoms. The maximum absolute atomic E-state index is 12.6. The number of hydrogen-bond acceptors (Lipinski definition) is 2. The Bertz CT molecular complexity index is 621. The molecule has 0 unspecified atom stereocenters. The molecule has 0 aromatic heterocycles. The van der Waals surface area contributed by atoms with Crippen molar-refractivity contribution >= 4 is 18.8 Å². The molecule has 0 bridgehead atoms. The number of fused-ring (bicyclic) bond motifs is 1. The molecule has 1 aliphatic carbocycles. The highest BCUT2D eigenvalue weighted by atomic mass is 31.2. The molecular weight excluding hydrogens is 291 g/mol. The molecule has 1 aromatic carbocycles. The molecule has 0 aliphatic heterocycles. The van der Waals surface area contributed by atoms with Gasteiger partial charge in [0.1, 0.15) is 0 Å². The molecule has 22 heavy (non-hydrogen) atoms. The van der Waals surface area contributed by atoms with Crippen LogP contribution in [0.15, 0.2) is 35.4 Å². The van der Waals surface area contributed by atoms with Crippen molar-refractivity contribution in [2.45, 2.75) is 32.6 Å². The van der Waals surface area contributed by atoms with E-state index in [9.17, 15) is 9.59 Å². The van der Waals surface area contributed by atoms with Crippen molar-refractivity contribution in [1.29, 1.82) is 0 Å². The second-order valence-electron chi connectivity index (χ2n) is 7.13. The van der Waals surface area contributed by atoms with Crippen LogP contribution in [0, 0.1) is 0 Å². The third kappa shape index (κ3) is 3.93. The van der Waals surface area contributed by atoms with Gasteiger partial charge in [-0.2, -0.15) is 0 Å². The van der Waals surface area contributed by atoms with E-state index in [1.54, 1.807) is 19.1 Å². The number of benzene rings is 1. The molecular formula is C19H26O2P+. The smallest absolute Gasteiger partial charge is 0.190 e. The first-order valence-corrected chi connectivity index (χ1v) is 11.3. The highest BCUT2D eigenvalue weighted by Crippen LogP contribution is 2.47. The van der Waals surface area contributed by atoms with Crippen molar-refractivity contribution in [3.63, 3.8) is 0 Å². The van der Waals surface area contributed by atoms with Gasteiger partial charge in [-0.05, 0) is 32.6 Å². The van der Waals surface area contributed by atoms with Gasteiger partial charge in [0.2, 0.25) is 0 Å². The lowest BCUT2D eigenvalue weighted by Crippen LogP contribution is -2.20. The summed E-state index contributed by atoms with van der Waals surface area (Å²) in [6.45, 7) is 8.88. The van der Waals surface area contributed by atoms with Crippen molar-refractivity contribution in [3.05, 3.63) is 46.5 Å². The molecule has 0 fully saturated rings. The molecule has 0 atom stereocenters. The second-order valence-corrected chi connectivity index (χ2v) is 12.2. The lowest BCUT2D eigenvalue weighted by atomic mass is 9.83. The van der Waals surface area contributed by atoms with Crippen molar-refractivity contribution in [1.82, 2.24) is 0 Å². The van der Waals surface area contributed by atoms with Crippen LogP contribution in [0.2, 0.25) is 0 Å². The zero-order valence-electron chi connectivity index (χ0n) is 14.1. The van der Waals surface area contributed by atoms with Gasteiger partial charge in [-0.25, -0.2) is 0 Å². The van der Waals surface area contributed by atoms with Gasteiger partial charge in [-0.3, -0.25) is 9.59 Å². The molecule has 0 saturated heterocycles. The predicted octanol–water partition coefficient (Wildman–Crippen LogP) is 4.85. The maximum Gasteiger partial charge on any atom is 0.190 e. The molecule has 2 nitrogen and oxygen atoms in total. The fourth-order valence-corrected chi connectivity index (χ4v) is 4.09. The predicted molar refractivity (Wildman–Crippen MR) is 95.8 cm³/mol. The number of rotatable bonds is 6. The average molecular weight is 317 g/mol. The van der Waals surface area contributed by atoms with Crippen LogP contribution in [0.1, 0.15) is 53.3 Å². The van der Waals surface area contributed by atoms with E-state index in [0.717, 1.165) is 24.8 Å². The zero-order chi connectivity index (χ0) is 16.3. The number of carbonyl (C=O) groups excluding carboxylic acids is 2. The Kier molecular flexibility index (Phi) is 5.34. The summed E-state index contributed by atoms with van der Waals surface area (Å²) in [5.41, 5.74) is 2.52. The van der Waals surface area contributed by atoms with E-state index in [1.165, 1.54) is 12.6 Å². The minimum absolute atomic E-state index is 0.0193. The van der Waals surface area contributed by atoms with Gasteiger partial charge in [0.25, 0.3) is 0 Å². The number of carbonyl (C=O) groups is 2. The molecule has 2 rings (SSSR count). The minimum atomic E-state index is -0.699. The first-order chi connectivity index (χ1) is 10.3. The second kappa shape index (κ2) is 6.87. The molecule has 3 heteroatoms. The standard InChI is InChI=1S/C19H26O2P/c1-14-15(10-6-5-9-13-22(2,3)4)19(21)17-12-8-7-11-16(17)18(14)20/h7-8,11-12H,5-6,9-10,13H2,1-4H3/q+1. The number of unbranched alkanes of at least 4 members (excludes halogenated alkanes) is 2. The SMILES string of the molecule is CC1=C(CCCCC[P+](C)(C)C)C(=O)c2ccccc2C1=O. The Morgan fingerprint density at radius 1 is 0.864 bits per heavy atom. The number of Topliss-reactive ketones (excluding diaryl/α,β-unsaturated/α-hetero) is 2. The molecule has 0 N–H and O–H groups in total. The van der Waals surface area contributed by atoms with Gasteiger partial charge in [0, 0.05) is 49.5 Å². The summed E-state index contributed by atoms with van der Waals surface area (Å²) in [4.78, 5) is 25.0. The molecule has 118 valence electrons. The van der Waals surface area contributed by atoms with E-state index in [2.05, 4.69) is 20.0 Å². The summed E-state index contributed by atoms with van der Waals surface area (Å²) >= 11 is 0. The van der Waals surface area contributed by atoms with Gasteiger partial charge in [0.15, 0.2) is 11.6 Å². The van der Waals surface area contributed by atoms with Crippen molar-refractivity contribution in [3.8, 4) is 0 Å². The Hall–Kier alpha value is -1.27. The van der Waals surface area contributed by atoms with Crippen LogP contribution in [0.3, 0.4) is 0 Å². The van der Waals surface area contributed by atoms with Crippen LogP contribution in [0.25, 0.3) is 0 Å². The minimum Gasteiger partial charge on any atom is -0.289 e. The molecule has 0 radical (unpaired) electrons. The normalized spacial score (nSPS) is 15.3. The van der Waals surface area contributed by atoms with Crippen molar-refractivity contribution in [2.75, 3.05) is 26.2 Å². The Balaban J connectivity index is 2.01. The third-order valence-electron chi connectivity index (χ3n) is 4.24. The highest BCUT2D eigenvalue weighted by Gasteiger charge is 2.28. The van der Waals surface area contributed by atoms with Crippen LogP contribution in [0.5, 0.6) is 0 Å². The summed E-state index contributed by atoms with van der Waals surface area (Å²) in [5, 5.41) is 0. The molecule has 0 heterocycles. The van der Waals surface area contributed by atoms with Crippen LogP contribution in [-0.4, -0.2) is 37.7 Å². The van der Waals surface area contributed by atoms with Crippen LogP contribution in [-0.2, 0) is 0 Å². The van der Waals surface area contributed by atoms with Crippen molar-refractivity contribution < 1.29 is 9.59 Å². The molecule has 0 saturated carbocycles. The molecule has 0 amide bonds. The van der Waals surface area contributed by atoms with E-state index in [0.29, 0.717) is 16.7 Å². The largest absolute Gasteiger partial charge is 0.289 e. The zero-order valence-corrected chi connectivity index (χ0v) is 15.0. The average Bonchev–Trinajstić information content (AvgIpc) is 2.46. The van der Waals surface area contributed by atoms with Crippen LogP contribution < -0.4 is 0 Å². The third-order valence-corrected chi connectivity index (χ3v) is 5.90. The monoisotopic (exact) mass is 317 g/mol. The fraction of sp³-hybridized carbons (Fsp3) is 0.474. The van der Waals surface area contributed by atoms with E-state index in [-0.39, 0.29) is 11.6 Å². The Morgan fingerprint density at radius 2 is 1.45 bits per heavy atom. The molecule has 1 aromatic rings. The first kappa shape index (κ1) is 17.1. The number of hydrogen-bond donors (Lipinski definition) is 0. The topological polar surface area (TPSA) is 34.1 Å². The fourth-order valence-electron chi connectivity index (χ4n) is 2.92. The van der Waals surface area contributed by atoms with E-state index < -0.39 is 7.26 Å². The lowest BCUT2D eigenvalue weighted by Gasteiger charge is -2.19. The maximum atomic E-state index is 12.6. The van der Waals surface area contributed by atoms with Crippen LogP contribution >= 0.6 is 7.26 Å². The number of allylic oxidation sites excluding steroid dienone is 2. The van der Waals surface area contributed by atoms with Gasteiger partial charge in [-0.1, -0.05) is 24.3 Å². The highest BCUT2D eigenvalue weighted by molar-refractivity contribution is 7.73. The summed E-state index contributed by atoms with van der Waals surface area (Å²) in [5.74, 6) is 0.0711. The van der Waals surface area contributed by atoms with Crippen LogP contribution in [0.4, 0.5) is 0 Å². The summed E-state index contributed by atoms with van der Waals surface area (Å²) in [7, 11) is -0.699. The van der Waals surface area contributed by atoms with E-state index >= 15 is 0 Å². The number of ketones is 2. The summed E-state index contributed by atoms with van der Waals surface area (Å²) in [6, 6.07) is 7.17. The lowest BCUT2D eigenvalue weighted by molar-refractivity contribution is 0.0971. The van der Waals surface area contributed by atoms with E-state index in [4.69, 9.17) is 0 Å². The quantitative estimate of drug-likeness (QED) is 0.555. The van der Waals surface area contributed by atoms with Gasteiger partial charge in [0.05, 0.1) is 6.16 Å². The van der Waals surface area contributed by atoms with E-state index in [1.807, 2.05) is 12.1 Å². The van der Waals surface area contributed by atoms with Gasteiger partial charge < -0.3 is 0 Å².